The zero-order chi connectivity index (χ0) is 16.7. The van der Waals surface area contributed by atoms with Gasteiger partial charge < -0.3 is 10.1 Å². The van der Waals surface area contributed by atoms with Gasteiger partial charge in [0.15, 0.2) is 0 Å². The van der Waals surface area contributed by atoms with Gasteiger partial charge in [-0.3, -0.25) is 19.8 Å². The zero-order valence-electron chi connectivity index (χ0n) is 13.4. The van der Waals surface area contributed by atoms with E-state index in [9.17, 15) is 14.9 Å². The van der Waals surface area contributed by atoms with Crippen LogP contribution >= 0.6 is 0 Å². The summed E-state index contributed by atoms with van der Waals surface area (Å²) < 4.78 is 5.47. The van der Waals surface area contributed by atoms with Gasteiger partial charge in [0.1, 0.15) is 0 Å². The van der Waals surface area contributed by atoms with Crippen LogP contribution in [0.15, 0.2) is 24.3 Å². The van der Waals surface area contributed by atoms with Crippen LogP contribution in [-0.2, 0) is 16.1 Å². The highest BCUT2D eigenvalue weighted by Crippen LogP contribution is 2.19. The summed E-state index contributed by atoms with van der Waals surface area (Å²) >= 11 is 0. The standard InChI is InChI=1S/C16H23N3O4/c1-2-18(11-13-6-3-4-8-15(13)19(21)22)12-16(20)17-10-14-7-5-9-23-14/h3-4,6,8,14H,2,5,7,9-12H2,1H3,(H,17,20)/t14-/m0/s1. The summed E-state index contributed by atoms with van der Waals surface area (Å²) in [6.07, 6.45) is 2.14. The van der Waals surface area contributed by atoms with Crippen LogP contribution < -0.4 is 5.32 Å². The predicted molar refractivity (Wildman–Crippen MR) is 86.0 cm³/mol. The van der Waals surface area contributed by atoms with E-state index in [-0.39, 0.29) is 29.2 Å². The minimum atomic E-state index is -0.388. The van der Waals surface area contributed by atoms with Gasteiger partial charge in [0.05, 0.1) is 17.6 Å². The van der Waals surface area contributed by atoms with Crippen LogP contribution in [0.25, 0.3) is 0 Å². The molecule has 0 spiro atoms. The Kier molecular flexibility index (Phi) is 6.49. The molecule has 1 aliphatic rings. The second-order valence-corrected chi connectivity index (χ2v) is 5.63. The van der Waals surface area contributed by atoms with Gasteiger partial charge in [-0.15, -0.1) is 0 Å². The van der Waals surface area contributed by atoms with Gasteiger partial charge in [-0.1, -0.05) is 25.1 Å². The maximum Gasteiger partial charge on any atom is 0.273 e. The number of para-hydroxylation sites is 1. The van der Waals surface area contributed by atoms with Crippen LogP contribution in [0, 0.1) is 10.1 Å². The third kappa shape index (κ3) is 5.30. The summed E-state index contributed by atoms with van der Waals surface area (Å²) in [6.45, 7) is 4.46. The van der Waals surface area contributed by atoms with E-state index in [0.717, 1.165) is 19.4 Å². The van der Waals surface area contributed by atoms with Gasteiger partial charge in [0.2, 0.25) is 5.91 Å². The monoisotopic (exact) mass is 321 g/mol. The Bertz CT molecular complexity index is 544. The second kappa shape index (κ2) is 8.59. The molecule has 1 N–H and O–H groups in total. The first-order valence-corrected chi connectivity index (χ1v) is 7.93. The fourth-order valence-corrected chi connectivity index (χ4v) is 2.64. The van der Waals surface area contributed by atoms with E-state index in [4.69, 9.17) is 4.74 Å². The number of ether oxygens (including phenoxy) is 1. The van der Waals surface area contributed by atoms with Crippen LogP contribution in [0.2, 0.25) is 0 Å². The summed E-state index contributed by atoms with van der Waals surface area (Å²) in [6, 6.07) is 6.63. The van der Waals surface area contributed by atoms with E-state index in [1.54, 1.807) is 18.2 Å². The van der Waals surface area contributed by atoms with Crippen molar-refractivity contribution < 1.29 is 14.5 Å². The molecule has 23 heavy (non-hydrogen) atoms. The SMILES string of the molecule is CCN(CC(=O)NC[C@@H]1CCCO1)Cc1ccccc1[N+](=O)[O-]. The van der Waals surface area contributed by atoms with Crippen molar-refractivity contribution in [3.05, 3.63) is 39.9 Å². The molecule has 1 amide bonds. The lowest BCUT2D eigenvalue weighted by molar-refractivity contribution is -0.385. The Morgan fingerprint density at radius 3 is 2.91 bits per heavy atom. The van der Waals surface area contributed by atoms with Crippen LogP contribution in [0.1, 0.15) is 25.3 Å². The molecule has 1 saturated heterocycles. The number of nitrogens with one attached hydrogen (secondary N) is 1. The first kappa shape index (κ1) is 17.4. The number of nitro benzene ring substituents is 1. The first-order valence-electron chi connectivity index (χ1n) is 7.93. The van der Waals surface area contributed by atoms with E-state index < -0.39 is 0 Å². The Hall–Kier alpha value is -1.99. The maximum absolute atomic E-state index is 12.0. The van der Waals surface area contributed by atoms with Gasteiger partial charge >= 0.3 is 0 Å². The highest BCUT2D eigenvalue weighted by molar-refractivity contribution is 5.78. The van der Waals surface area contributed by atoms with Gasteiger partial charge in [-0.05, 0) is 19.4 Å². The molecule has 126 valence electrons. The normalized spacial score (nSPS) is 17.4. The number of carbonyl (C=O) groups excluding carboxylic acids is 1. The van der Waals surface area contributed by atoms with Gasteiger partial charge in [-0.2, -0.15) is 0 Å². The van der Waals surface area contributed by atoms with Gasteiger partial charge in [-0.25, -0.2) is 0 Å². The number of nitrogens with zero attached hydrogens (tertiary/aromatic N) is 2. The van der Waals surface area contributed by atoms with Crippen molar-refractivity contribution in [2.45, 2.75) is 32.4 Å². The van der Waals surface area contributed by atoms with Crippen LogP contribution in [0.5, 0.6) is 0 Å². The van der Waals surface area contributed by atoms with E-state index in [2.05, 4.69) is 5.32 Å². The highest BCUT2D eigenvalue weighted by atomic mass is 16.6. The Balaban J connectivity index is 1.87. The number of nitro groups is 1. The average molecular weight is 321 g/mol. The number of hydrogen-bond acceptors (Lipinski definition) is 5. The molecule has 1 heterocycles. The Morgan fingerprint density at radius 1 is 1.48 bits per heavy atom. The molecule has 1 fully saturated rings. The van der Waals surface area contributed by atoms with E-state index in [1.807, 2.05) is 11.8 Å². The summed E-state index contributed by atoms with van der Waals surface area (Å²) in [5.74, 6) is -0.0825. The third-order valence-corrected chi connectivity index (χ3v) is 3.95. The quantitative estimate of drug-likeness (QED) is 0.582. The first-order chi connectivity index (χ1) is 11.1. The number of hydrogen-bond donors (Lipinski definition) is 1. The summed E-state index contributed by atoms with van der Waals surface area (Å²) in [5.41, 5.74) is 0.706. The van der Waals surface area contributed by atoms with Crippen molar-refractivity contribution >= 4 is 11.6 Å². The van der Waals surface area contributed by atoms with Crippen molar-refractivity contribution in [2.75, 3.05) is 26.2 Å². The second-order valence-electron chi connectivity index (χ2n) is 5.63. The lowest BCUT2D eigenvalue weighted by atomic mass is 10.1. The number of carbonyl (C=O) groups is 1. The molecule has 7 nitrogen and oxygen atoms in total. The van der Waals surface area contributed by atoms with Crippen LogP contribution in [-0.4, -0.2) is 48.1 Å². The molecule has 1 aromatic rings. The molecule has 1 aromatic carbocycles. The molecular weight excluding hydrogens is 298 g/mol. The van der Waals surface area contributed by atoms with Crippen molar-refractivity contribution in [3.8, 4) is 0 Å². The number of likely N-dealkylation sites (N-methyl/N-ethyl adjacent to an activating group) is 1. The zero-order valence-corrected chi connectivity index (χ0v) is 13.4. The van der Waals surface area contributed by atoms with E-state index in [1.165, 1.54) is 6.07 Å². The van der Waals surface area contributed by atoms with Crippen LogP contribution in [0.3, 0.4) is 0 Å². The fourth-order valence-electron chi connectivity index (χ4n) is 2.64. The molecule has 2 rings (SSSR count). The molecule has 0 aliphatic carbocycles. The van der Waals surface area contributed by atoms with Crippen LogP contribution in [0.4, 0.5) is 5.69 Å². The summed E-state index contributed by atoms with van der Waals surface area (Å²) in [5, 5.41) is 13.9. The molecule has 0 unspecified atom stereocenters. The minimum Gasteiger partial charge on any atom is -0.376 e. The fraction of sp³-hybridized carbons (Fsp3) is 0.562. The molecule has 1 aliphatic heterocycles. The maximum atomic E-state index is 12.0. The lowest BCUT2D eigenvalue weighted by Crippen LogP contribution is -2.39. The predicted octanol–water partition coefficient (Wildman–Crippen LogP) is 1.71. The number of benzene rings is 1. The molecule has 7 heteroatoms. The molecule has 1 atom stereocenters. The van der Waals surface area contributed by atoms with Crippen molar-refractivity contribution in [2.24, 2.45) is 0 Å². The highest BCUT2D eigenvalue weighted by Gasteiger charge is 2.19. The van der Waals surface area contributed by atoms with Crippen molar-refractivity contribution in [1.29, 1.82) is 0 Å². The molecular formula is C16H23N3O4. The third-order valence-electron chi connectivity index (χ3n) is 3.95. The minimum absolute atomic E-state index is 0.0825. The number of amides is 1. The Morgan fingerprint density at radius 2 is 2.26 bits per heavy atom. The molecule has 0 saturated carbocycles. The van der Waals surface area contributed by atoms with Gasteiger partial charge in [0, 0.05) is 31.3 Å². The molecule has 0 radical (unpaired) electrons. The largest absolute Gasteiger partial charge is 0.376 e. The Labute approximate surface area is 135 Å². The van der Waals surface area contributed by atoms with E-state index >= 15 is 0 Å². The van der Waals surface area contributed by atoms with Crippen molar-refractivity contribution in [1.82, 2.24) is 10.2 Å². The topological polar surface area (TPSA) is 84.7 Å². The number of rotatable bonds is 8. The summed E-state index contributed by atoms with van der Waals surface area (Å²) in [7, 11) is 0. The molecule has 0 bridgehead atoms. The van der Waals surface area contributed by atoms with Gasteiger partial charge in [0.25, 0.3) is 5.69 Å². The smallest absolute Gasteiger partial charge is 0.273 e. The lowest BCUT2D eigenvalue weighted by Gasteiger charge is -2.20. The molecule has 0 aromatic heterocycles. The van der Waals surface area contributed by atoms with E-state index in [0.29, 0.717) is 25.2 Å². The van der Waals surface area contributed by atoms with Crippen molar-refractivity contribution in [3.63, 3.8) is 0 Å². The average Bonchev–Trinajstić information content (AvgIpc) is 3.06. The summed E-state index contributed by atoms with van der Waals surface area (Å²) in [4.78, 5) is 24.6.